The van der Waals surface area contributed by atoms with Crippen LogP contribution in [-0.2, 0) is 32.1 Å². The highest BCUT2D eigenvalue weighted by molar-refractivity contribution is 7.15. The highest BCUT2D eigenvalue weighted by atomic mass is 32.1. The second-order valence-corrected chi connectivity index (χ2v) is 5.13. The summed E-state index contributed by atoms with van der Waals surface area (Å²) < 4.78 is 10.1. The Balaban J connectivity index is 1.82. The molecule has 2 rings (SSSR count). The Morgan fingerprint density at radius 2 is 2.32 bits per heavy atom. The molecule has 1 aromatic heterocycles. The molecule has 1 N–H and O–H groups in total. The van der Waals surface area contributed by atoms with Crippen LogP contribution in [-0.4, -0.2) is 30.1 Å². The first-order valence-electron chi connectivity index (χ1n) is 6.21. The van der Waals surface area contributed by atoms with Crippen molar-refractivity contribution in [3.05, 3.63) is 10.6 Å². The lowest BCUT2D eigenvalue weighted by Crippen LogP contribution is -2.14. The third-order valence-electron chi connectivity index (χ3n) is 2.60. The predicted molar refractivity (Wildman–Crippen MR) is 70.0 cm³/mol. The van der Waals surface area contributed by atoms with Crippen LogP contribution < -0.4 is 5.32 Å². The maximum Gasteiger partial charge on any atom is 0.306 e. The van der Waals surface area contributed by atoms with Crippen LogP contribution in [0, 0.1) is 0 Å². The SMILES string of the molecule is CCOC(=O)CCC(=O)Nc1nc2c(s1)COCC2. The van der Waals surface area contributed by atoms with E-state index >= 15 is 0 Å². The Labute approximate surface area is 115 Å². The number of hydrogen-bond donors (Lipinski definition) is 1. The van der Waals surface area contributed by atoms with E-state index in [0.29, 0.717) is 25.0 Å². The van der Waals surface area contributed by atoms with E-state index in [0.717, 1.165) is 17.0 Å². The first-order chi connectivity index (χ1) is 9.19. The molecule has 1 aromatic rings. The number of carbonyl (C=O) groups is 2. The van der Waals surface area contributed by atoms with Crippen LogP contribution in [0.2, 0.25) is 0 Å². The number of thiazole rings is 1. The molecule has 0 bridgehead atoms. The Hall–Kier alpha value is -1.47. The topological polar surface area (TPSA) is 77.5 Å². The number of ether oxygens (including phenoxy) is 2. The van der Waals surface area contributed by atoms with Crippen molar-refractivity contribution in [2.75, 3.05) is 18.5 Å². The fourth-order valence-corrected chi connectivity index (χ4v) is 2.67. The van der Waals surface area contributed by atoms with Crippen molar-refractivity contribution in [3.8, 4) is 0 Å². The van der Waals surface area contributed by atoms with Crippen LogP contribution in [0.3, 0.4) is 0 Å². The maximum atomic E-state index is 11.7. The van der Waals surface area contributed by atoms with Crippen molar-refractivity contribution in [1.82, 2.24) is 4.98 Å². The van der Waals surface area contributed by atoms with Crippen LogP contribution in [0.1, 0.15) is 30.3 Å². The standard InChI is InChI=1S/C12H16N2O4S/c1-2-18-11(16)4-3-10(15)14-12-13-8-5-6-17-7-9(8)19-12/h2-7H2,1H3,(H,13,14,15). The first-order valence-corrected chi connectivity index (χ1v) is 7.02. The molecule has 6 nitrogen and oxygen atoms in total. The minimum atomic E-state index is -0.357. The summed E-state index contributed by atoms with van der Waals surface area (Å²) in [6.07, 6.45) is 0.984. The largest absolute Gasteiger partial charge is 0.466 e. The predicted octanol–water partition coefficient (Wildman–Crippen LogP) is 1.50. The number of carbonyl (C=O) groups excluding carboxylic acids is 2. The molecule has 0 atom stereocenters. The first kappa shape index (κ1) is 14.0. The number of nitrogens with zero attached hydrogens (tertiary/aromatic N) is 1. The van der Waals surface area contributed by atoms with Gasteiger partial charge in [-0.3, -0.25) is 9.59 Å². The average Bonchev–Trinajstić information content (AvgIpc) is 2.78. The van der Waals surface area contributed by atoms with Crippen molar-refractivity contribution in [3.63, 3.8) is 0 Å². The van der Waals surface area contributed by atoms with Crippen molar-refractivity contribution in [1.29, 1.82) is 0 Å². The van der Waals surface area contributed by atoms with Gasteiger partial charge in [0.05, 0.1) is 36.8 Å². The summed E-state index contributed by atoms with van der Waals surface area (Å²) in [5.41, 5.74) is 0.997. The fraction of sp³-hybridized carbons (Fsp3) is 0.583. The average molecular weight is 284 g/mol. The van der Waals surface area contributed by atoms with Gasteiger partial charge in [0.2, 0.25) is 5.91 Å². The van der Waals surface area contributed by atoms with Gasteiger partial charge in [-0.25, -0.2) is 4.98 Å². The van der Waals surface area contributed by atoms with Crippen LogP contribution in [0.25, 0.3) is 0 Å². The van der Waals surface area contributed by atoms with Crippen molar-refractivity contribution < 1.29 is 19.1 Å². The molecule has 0 unspecified atom stereocenters. The molecular weight excluding hydrogens is 268 g/mol. The van der Waals surface area contributed by atoms with Crippen LogP contribution in [0.4, 0.5) is 5.13 Å². The van der Waals surface area contributed by atoms with E-state index in [1.165, 1.54) is 11.3 Å². The van der Waals surface area contributed by atoms with E-state index in [4.69, 9.17) is 9.47 Å². The quantitative estimate of drug-likeness (QED) is 0.829. The maximum absolute atomic E-state index is 11.7. The molecule has 1 aliphatic rings. The summed E-state index contributed by atoms with van der Waals surface area (Å²) in [7, 11) is 0. The van der Waals surface area contributed by atoms with Gasteiger partial charge in [0, 0.05) is 12.8 Å². The lowest BCUT2D eigenvalue weighted by molar-refractivity contribution is -0.144. The summed E-state index contributed by atoms with van der Waals surface area (Å²) in [5, 5.41) is 3.28. The number of amides is 1. The number of anilines is 1. The van der Waals surface area contributed by atoms with Crippen LogP contribution >= 0.6 is 11.3 Å². The van der Waals surface area contributed by atoms with Gasteiger partial charge in [-0.05, 0) is 6.92 Å². The van der Waals surface area contributed by atoms with E-state index in [-0.39, 0.29) is 24.7 Å². The molecule has 104 valence electrons. The summed E-state index contributed by atoms with van der Waals surface area (Å²) in [4.78, 5) is 28.2. The zero-order valence-corrected chi connectivity index (χ0v) is 11.5. The van der Waals surface area contributed by atoms with E-state index in [1.54, 1.807) is 6.92 Å². The van der Waals surface area contributed by atoms with Gasteiger partial charge in [0.15, 0.2) is 5.13 Å². The molecule has 7 heteroatoms. The van der Waals surface area contributed by atoms with Crippen LogP contribution in [0.5, 0.6) is 0 Å². The zero-order chi connectivity index (χ0) is 13.7. The molecular formula is C12H16N2O4S. The second-order valence-electron chi connectivity index (χ2n) is 4.04. The molecule has 1 aliphatic heterocycles. The van der Waals surface area contributed by atoms with Gasteiger partial charge in [-0.15, -0.1) is 0 Å². The monoisotopic (exact) mass is 284 g/mol. The van der Waals surface area contributed by atoms with Gasteiger partial charge in [-0.2, -0.15) is 0 Å². The second kappa shape index (κ2) is 6.63. The normalized spacial score (nSPS) is 13.7. The molecule has 0 aliphatic carbocycles. The lowest BCUT2D eigenvalue weighted by Gasteiger charge is -2.08. The molecule has 19 heavy (non-hydrogen) atoms. The number of aromatic nitrogens is 1. The van der Waals surface area contributed by atoms with Gasteiger partial charge in [-0.1, -0.05) is 11.3 Å². The summed E-state index contributed by atoms with van der Waals surface area (Å²) in [5.74, 6) is -0.579. The van der Waals surface area contributed by atoms with E-state index in [9.17, 15) is 9.59 Å². The van der Waals surface area contributed by atoms with Crippen molar-refractivity contribution in [2.24, 2.45) is 0 Å². The van der Waals surface area contributed by atoms with Gasteiger partial charge >= 0.3 is 5.97 Å². The Bertz CT molecular complexity index is 449. The summed E-state index contributed by atoms with van der Waals surface area (Å²) in [6, 6.07) is 0. The number of fused-ring (bicyclic) bond motifs is 1. The minimum absolute atomic E-state index is 0.0911. The molecule has 2 heterocycles. The van der Waals surface area contributed by atoms with Gasteiger partial charge < -0.3 is 14.8 Å². The highest BCUT2D eigenvalue weighted by Crippen LogP contribution is 2.27. The highest BCUT2D eigenvalue weighted by Gasteiger charge is 2.17. The van der Waals surface area contributed by atoms with E-state index in [2.05, 4.69) is 10.3 Å². The number of esters is 1. The van der Waals surface area contributed by atoms with E-state index in [1.807, 2.05) is 0 Å². The molecule has 0 aromatic carbocycles. The molecule has 1 amide bonds. The number of rotatable bonds is 5. The molecule has 0 saturated heterocycles. The smallest absolute Gasteiger partial charge is 0.306 e. The molecule has 0 fully saturated rings. The lowest BCUT2D eigenvalue weighted by atomic mass is 10.2. The third-order valence-corrected chi connectivity index (χ3v) is 3.59. The Morgan fingerprint density at radius 1 is 1.47 bits per heavy atom. The van der Waals surface area contributed by atoms with E-state index < -0.39 is 0 Å². The summed E-state index contributed by atoms with van der Waals surface area (Å²) >= 11 is 1.42. The molecule has 0 saturated carbocycles. The van der Waals surface area contributed by atoms with Crippen molar-refractivity contribution >= 4 is 28.3 Å². The Kier molecular flexibility index (Phi) is 4.86. The fourth-order valence-electron chi connectivity index (χ4n) is 1.71. The summed E-state index contributed by atoms with van der Waals surface area (Å²) in [6.45, 7) is 3.30. The van der Waals surface area contributed by atoms with Gasteiger partial charge in [0.1, 0.15) is 0 Å². The number of hydrogen-bond acceptors (Lipinski definition) is 6. The van der Waals surface area contributed by atoms with Crippen LogP contribution in [0.15, 0.2) is 0 Å². The third kappa shape index (κ3) is 4.00. The zero-order valence-electron chi connectivity index (χ0n) is 10.7. The number of nitrogens with one attached hydrogen (secondary N) is 1. The Morgan fingerprint density at radius 3 is 3.05 bits per heavy atom. The molecule has 0 radical (unpaired) electrons. The van der Waals surface area contributed by atoms with Gasteiger partial charge in [0.25, 0.3) is 0 Å². The minimum Gasteiger partial charge on any atom is -0.466 e. The molecule has 0 spiro atoms. The van der Waals surface area contributed by atoms with Crippen molar-refractivity contribution in [2.45, 2.75) is 32.8 Å².